The molecule has 2 aliphatic rings. The number of urea groups is 1. The summed E-state index contributed by atoms with van der Waals surface area (Å²) in [4.78, 5) is 40.0. The molecule has 9 nitrogen and oxygen atoms in total. The Morgan fingerprint density at radius 2 is 1.78 bits per heavy atom. The van der Waals surface area contributed by atoms with E-state index in [1.54, 1.807) is 0 Å². The van der Waals surface area contributed by atoms with Gasteiger partial charge in [0, 0.05) is 31.5 Å². The highest BCUT2D eigenvalue weighted by Gasteiger charge is 2.30. The van der Waals surface area contributed by atoms with Crippen LogP contribution in [0.15, 0.2) is 53.7 Å². The van der Waals surface area contributed by atoms with Crippen LogP contribution in [0, 0.1) is 17.0 Å². The minimum atomic E-state index is -1.03. The molecule has 45 heavy (non-hydrogen) atoms. The molecule has 2 heterocycles. The fraction of sp³-hybridized carbons (Fsp3) is 0.500. The number of halogens is 2. The first-order valence-electron chi connectivity index (χ1n) is 15.5. The van der Waals surface area contributed by atoms with Crippen LogP contribution in [0.25, 0.3) is 0 Å². The second kappa shape index (κ2) is 15.4. The Kier molecular flexibility index (Phi) is 11.7. The summed E-state index contributed by atoms with van der Waals surface area (Å²) in [5, 5.41) is 11.4. The van der Waals surface area contributed by atoms with Crippen molar-refractivity contribution < 1.29 is 27.9 Å². The molecule has 0 spiro atoms. The van der Waals surface area contributed by atoms with Crippen LogP contribution in [0.3, 0.4) is 0 Å². The Morgan fingerprint density at radius 3 is 2.47 bits per heavy atom. The number of piperidine rings is 1. The van der Waals surface area contributed by atoms with Crippen LogP contribution in [0.1, 0.15) is 76.0 Å². The lowest BCUT2D eigenvalue weighted by Crippen LogP contribution is -2.46. The van der Waals surface area contributed by atoms with Crippen LogP contribution >= 0.6 is 0 Å². The molecule has 2 aromatic carbocycles. The number of rotatable bonds is 12. The normalized spacial score (nSPS) is 17.9. The molecule has 2 aromatic rings. The number of nitrogens with zero attached hydrogens (tertiary/aromatic N) is 1. The van der Waals surface area contributed by atoms with Gasteiger partial charge in [-0.3, -0.25) is 9.59 Å². The summed E-state index contributed by atoms with van der Waals surface area (Å²) < 4.78 is 32.8. The van der Waals surface area contributed by atoms with Gasteiger partial charge in [-0.05, 0) is 91.2 Å². The summed E-state index contributed by atoms with van der Waals surface area (Å²) in [5.41, 5.74) is 3.30. The summed E-state index contributed by atoms with van der Waals surface area (Å²) >= 11 is 0. The number of likely N-dealkylation sites (tertiary alicyclic amines) is 1. The smallest absolute Gasteiger partial charge is 0.319 e. The number of nitrogens with one attached hydrogen (secondary N) is 4. The SMILES string of the molecule is COCC1=C(CC(=O)NCCCN2CCC(c3cccc(NC(=O)CC(C)(C)C)c3)CC2)[C@@H](c2ccc(F)c(F)c2)NC(=O)N1. The van der Waals surface area contributed by atoms with Gasteiger partial charge >= 0.3 is 6.03 Å². The Labute approximate surface area is 264 Å². The number of methoxy groups -OCH3 is 1. The van der Waals surface area contributed by atoms with E-state index in [1.807, 2.05) is 12.1 Å². The van der Waals surface area contributed by atoms with Gasteiger partial charge in [0.2, 0.25) is 11.8 Å². The first kappa shape index (κ1) is 34.1. The van der Waals surface area contributed by atoms with Crippen LogP contribution in [0.4, 0.5) is 19.3 Å². The molecule has 0 aliphatic carbocycles. The van der Waals surface area contributed by atoms with Crippen molar-refractivity contribution in [2.24, 2.45) is 5.41 Å². The van der Waals surface area contributed by atoms with Gasteiger partial charge in [0.15, 0.2) is 11.6 Å². The molecule has 0 aromatic heterocycles. The maximum Gasteiger partial charge on any atom is 0.319 e. The molecule has 2 aliphatic heterocycles. The van der Waals surface area contributed by atoms with Crippen molar-refractivity contribution >= 4 is 23.5 Å². The zero-order valence-corrected chi connectivity index (χ0v) is 26.6. The molecule has 0 unspecified atom stereocenters. The third-order valence-electron chi connectivity index (χ3n) is 8.09. The number of ether oxygens (including phenoxy) is 1. The highest BCUT2D eigenvalue weighted by molar-refractivity contribution is 5.91. The standard InChI is InChI=1S/C34H45F2N5O4/c1-34(2,3)20-31(43)38-25-8-5-7-23(17-25)22-11-15-41(16-12-22)14-6-13-37-30(42)19-26-29(21-45-4)39-33(44)40-32(26)24-9-10-27(35)28(36)18-24/h5,7-10,17-18,22,32H,6,11-16,19-21H2,1-4H3,(H,37,42)(H,38,43)(H2,39,40,44)/t32-/m1/s1. The van der Waals surface area contributed by atoms with E-state index < -0.39 is 23.7 Å². The quantitative estimate of drug-likeness (QED) is 0.237. The zero-order valence-electron chi connectivity index (χ0n) is 26.6. The first-order chi connectivity index (χ1) is 21.4. The van der Waals surface area contributed by atoms with Crippen molar-refractivity contribution in [2.45, 2.75) is 64.8 Å². The van der Waals surface area contributed by atoms with Crippen molar-refractivity contribution in [2.75, 3.05) is 45.2 Å². The van der Waals surface area contributed by atoms with Crippen LogP contribution in [0.5, 0.6) is 0 Å². The van der Waals surface area contributed by atoms with E-state index in [-0.39, 0.29) is 30.3 Å². The fourth-order valence-electron chi connectivity index (χ4n) is 5.92. The third-order valence-corrected chi connectivity index (χ3v) is 8.09. The molecule has 1 saturated heterocycles. The highest BCUT2D eigenvalue weighted by Crippen LogP contribution is 2.31. The van der Waals surface area contributed by atoms with Crippen molar-refractivity contribution in [3.05, 3.63) is 76.5 Å². The number of hydrogen-bond donors (Lipinski definition) is 4. The first-order valence-corrected chi connectivity index (χ1v) is 15.5. The van der Waals surface area contributed by atoms with Crippen LogP contribution in [-0.2, 0) is 14.3 Å². The van der Waals surface area contributed by atoms with E-state index in [1.165, 1.54) is 18.7 Å². The lowest BCUT2D eigenvalue weighted by atomic mass is 9.89. The zero-order chi connectivity index (χ0) is 32.6. The monoisotopic (exact) mass is 625 g/mol. The number of carbonyl (C=O) groups is 3. The molecule has 4 N–H and O–H groups in total. The van der Waals surface area contributed by atoms with Gasteiger partial charge in [-0.1, -0.05) is 39.0 Å². The fourth-order valence-corrected chi connectivity index (χ4v) is 5.92. The average molecular weight is 626 g/mol. The molecular formula is C34H45F2N5O4. The van der Waals surface area contributed by atoms with E-state index in [0.717, 1.165) is 56.7 Å². The minimum absolute atomic E-state index is 0.0268. The summed E-state index contributed by atoms with van der Waals surface area (Å²) in [7, 11) is 1.47. The molecule has 11 heteroatoms. The van der Waals surface area contributed by atoms with Gasteiger partial charge in [0.05, 0.1) is 19.1 Å². The van der Waals surface area contributed by atoms with Gasteiger partial charge in [-0.2, -0.15) is 0 Å². The molecule has 244 valence electrons. The van der Waals surface area contributed by atoms with Gasteiger partial charge in [-0.25, -0.2) is 13.6 Å². The van der Waals surface area contributed by atoms with Gasteiger partial charge in [0.1, 0.15) is 0 Å². The van der Waals surface area contributed by atoms with Gasteiger partial charge in [-0.15, -0.1) is 0 Å². The highest BCUT2D eigenvalue weighted by atomic mass is 19.2. The molecule has 4 amide bonds. The molecule has 0 bridgehead atoms. The van der Waals surface area contributed by atoms with Crippen LogP contribution in [-0.4, -0.2) is 62.6 Å². The predicted molar refractivity (Wildman–Crippen MR) is 169 cm³/mol. The molecule has 0 saturated carbocycles. The van der Waals surface area contributed by atoms with Crippen molar-refractivity contribution in [1.29, 1.82) is 0 Å². The summed E-state index contributed by atoms with van der Waals surface area (Å²) in [6, 6.07) is 10.3. The van der Waals surface area contributed by atoms with E-state index in [9.17, 15) is 23.2 Å². The molecule has 1 fully saturated rings. The Balaban J connectivity index is 1.24. The van der Waals surface area contributed by atoms with Crippen LogP contribution in [0.2, 0.25) is 0 Å². The number of carbonyl (C=O) groups excluding carboxylic acids is 3. The van der Waals surface area contributed by atoms with E-state index >= 15 is 0 Å². The van der Waals surface area contributed by atoms with E-state index in [0.29, 0.717) is 35.7 Å². The second-order valence-corrected chi connectivity index (χ2v) is 13.0. The molecule has 1 atom stereocenters. The molecular weight excluding hydrogens is 580 g/mol. The van der Waals surface area contributed by atoms with Crippen molar-refractivity contribution in [3.63, 3.8) is 0 Å². The Hall–Kier alpha value is -3.83. The summed E-state index contributed by atoms with van der Waals surface area (Å²) in [6.07, 6.45) is 3.24. The maximum atomic E-state index is 14.0. The minimum Gasteiger partial charge on any atom is -0.378 e. The maximum absolute atomic E-state index is 14.0. The Bertz CT molecular complexity index is 1400. The largest absolute Gasteiger partial charge is 0.378 e. The topological polar surface area (TPSA) is 112 Å². The second-order valence-electron chi connectivity index (χ2n) is 13.0. The third kappa shape index (κ3) is 10.1. The summed E-state index contributed by atoms with van der Waals surface area (Å²) in [6.45, 7) is 9.45. The Morgan fingerprint density at radius 1 is 1.02 bits per heavy atom. The molecule has 0 radical (unpaired) electrons. The predicted octanol–water partition coefficient (Wildman–Crippen LogP) is 5.37. The van der Waals surface area contributed by atoms with Crippen LogP contribution < -0.4 is 21.3 Å². The summed E-state index contributed by atoms with van der Waals surface area (Å²) in [5.74, 6) is -1.80. The molecule has 4 rings (SSSR count). The lowest BCUT2D eigenvalue weighted by Gasteiger charge is -2.32. The van der Waals surface area contributed by atoms with E-state index in [4.69, 9.17) is 4.74 Å². The number of hydrogen-bond acceptors (Lipinski definition) is 5. The number of benzene rings is 2. The van der Waals surface area contributed by atoms with Crippen molar-refractivity contribution in [3.8, 4) is 0 Å². The number of amides is 4. The average Bonchev–Trinajstić information content (AvgIpc) is 2.97. The van der Waals surface area contributed by atoms with E-state index in [2.05, 4.69) is 59.1 Å². The number of anilines is 1. The van der Waals surface area contributed by atoms with Gasteiger partial charge < -0.3 is 30.9 Å². The van der Waals surface area contributed by atoms with Crippen molar-refractivity contribution in [1.82, 2.24) is 20.9 Å². The lowest BCUT2D eigenvalue weighted by molar-refractivity contribution is -0.120. The van der Waals surface area contributed by atoms with Gasteiger partial charge in [0.25, 0.3) is 0 Å².